The molecule has 8 heteroatoms. The van der Waals surface area contributed by atoms with Crippen molar-refractivity contribution < 1.29 is 14.7 Å². The Labute approximate surface area is 166 Å². The van der Waals surface area contributed by atoms with Gasteiger partial charge in [0.2, 0.25) is 5.91 Å². The average molecular weight is 416 g/mol. The molecule has 0 bridgehead atoms. The van der Waals surface area contributed by atoms with E-state index in [9.17, 15) is 14.7 Å². The molecule has 0 aromatic heterocycles. The van der Waals surface area contributed by atoms with E-state index in [2.05, 4.69) is 0 Å². The van der Waals surface area contributed by atoms with Crippen LogP contribution < -0.4 is 9.80 Å². The maximum atomic E-state index is 12.7. The standard InChI is InChI=1S/C18H17Cl3N2O3/c1-11-7-12(19)3-6-16(11)23(10-18(25)26)9-17(24)22(2)13-4-5-14(20)15(21)8-13/h3-8H,9-10H2,1-2H3,(H,25,26). The molecule has 0 fully saturated rings. The van der Waals surface area contributed by atoms with Crippen LogP contribution in [0.15, 0.2) is 36.4 Å². The molecule has 0 unspecified atom stereocenters. The van der Waals surface area contributed by atoms with Crippen LogP contribution in [0.1, 0.15) is 5.56 Å². The molecule has 26 heavy (non-hydrogen) atoms. The number of carboxylic acid groups (broad SMARTS) is 1. The molecular formula is C18H17Cl3N2O3. The molecule has 0 aliphatic carbocycles. The smallest absolute Gasteiger partial charge is 0.323 e. The van der Waals surface area contributed by atoms with Gasteiger partial charge in [0.05, 0.1) is 16.6 Å². The van der Waals surface area contributed by atoms with Crippen LogP contribution in [-0.4, -0.2) is 37.1 Å². The van der Waals surface area contributed by atoms with E-state index in [1.807, 2.05) is 6.92 Å². The number of hydrogen-bond donors (Lipinski definition) is 1. The van der Waals surface area contributed by atoms with E-state index in [4.69, 9.17) is 34.8 Å². The number of hydrogen-bond acceptors (Lipinski definition) is 3. The Bertz CT molecular complexity index is 842. The second-order valence-electron chi connectivity index (χ2n) is 5.73. The van der Waals surface area contributed by atoms with Crippen molar-refractivity contribution in [2.75, 3.05) is 29.9 Å². The largest absolute Gasteiger partial charge is 0.480 e. The Morgan fingerprint density at radius 3 is 2.27 bits per heavy atom. The van der Waals surface area contributed by atoms with Gasteiger partial charge in [0, 0.05) is 23.4 Å². The minimum absolute atomic E-state index is 0.120. The van der Waals surface area contributed by atoms with Gasteiger partial charge in [-0.15, -0.1) is 0 Å². The monoisotopic (exact) mass is 414 g/mol. The number of aliphatic carboxylic acids is 1. The lowest BCUT2D eigenvalue weighted by atomic mass is 10.1. The Kier molecular flexibility index (Phi) is 6.75. The van der Waals surface area contributed by atoms with Crippen molar-refractivity contribution in [2.45, 2.75) is 6.92 Å². The van der Waals surface area contributed by atoms with E-state index in [-0.39, 0.29) is 19.0 Å². The molecule has 0 saturated carbocycles. The van der Waals surface area contributed by atoms with Crippen LogP contribution in [0.25, 0.3) is 0 Å². The average Bonchev–Trinajstić information content (AvgIpc) is 2.55. The van der Waals surface area contributed by atoms with Crippen molar-refractivity contribution in [1.82, 2.24) is 0 Å². The second-order valence-corrected chi connectivity index (χ2v) is 6.98. The summed E-state index contributed by atoms with van der Waals surface area (Å²) in [5.41, 5.74) is 1.98. The number of carboxylic acids is 1. The second kappa shape index (κ2) is 8.62. The van der Waals surface area contributed by atoms with Crippen LogP contribution >= 0.6 is 34.8 Å². The van der Waals surface area contributed by atoms with Crippen LogP contribution in [0.3, 0.4) is 0 Å². The third-order valence-electron chi connectivity index (χ3n) is 3.82. The minimum Gasteiger partial charge on any atom is -0.480 e. The molecule has 1 N–H and O–H groups in total. The number of amides is 1. The van der Waals surface area contributed by atoms with Gasteiger partial charge >= 0.3 is 5.97 Å². The Morgan fingerprint density at radius 2 is 1.69 bits per heavy atom. The molecule has 138 valence electrons. The van der Waals surface area contributed by atoms with Gasteiger partial charge in [-0.3, -0.25) is 9.59 Å². The minimum atomic E-state index is -1.04. The van der Waals surface area contributed by atoms with Gasteiger partial charge in [-0.25, -0.2) is 0 Å². The van der Waals surface area contributed by atoms with Crippen molar-refractivity contribution in [3.05, 3.63) is 57.0 Å². The first kappa shape index (κ1) is 20.4. The fraction of sp³-hybridized carbons (Fsp3) is 0.222. The summed E-state index contributed by atoms with van der Waals surface area (Å²) < 4.78 is 0. The molecule has 0 aliphatic rings. The van der Waals surface area contributed by atoms with Gasteiger partial charge in [0.1, 0.15) is 6.54 Å². The fourth-order valence-electron chi connectivity index (χ4n) is 2.47. The zero-order valence-electron chi connectivity index (χ0n) is 14.2. The lowest BCUT2D eigenvalue weighted by Gasteiger charge is -2.27. The summed E-state index contributed by atoms with van der Waals surface area (Å²) in [6.45, 7) is 1.37. The molecule has 2 aromatic rings. The topological polar surface area (TPSA) is 60.9 Å². The number of halogens is 3. The van der Waals surface area contributed by atoms with Crippen molar-refractivity contribution >= 4 is 58.1 Å². The molecule has 0 heterocycles. The highest BCUT2D eigenvalue weighted by atomic mass is 35.5. The zero-order chi connectivity index (χ0) is 19.4. The van der Waals surface area contributed by atoms with Crippen molar-refractivity contribution in [2.24, 2.45) is 0 Å². The first-order valence-corrected chi connectivity index (χ1v) is 8.77. The first-order chi connectivity index (χ1) is 12.2. The third-order valence-corrected chi connectivity index (χ3v) is 4.79. The third kappa shape index (κ3) is 5.04. The van der Waals surface area contributed by atoms with Gasteiger partial charge in [-0.2, -0.15) is 0 Å². The summed E-state index contributed by atoms with van der Waals surface area (Å²) in [7, 11) is 1.59. The van der Waals surface area contributed by atoms with Gasteiger partial charge in [-0.05, 0) is 48.9 Å². The Balaban J connectivity index is 2.25. The quantitative estimate of drug-likeness (QED) is 0.754. The van der Waals surface area contributed by atoms with Crippen LogP contribution in [-0.2, 0) is 9.59 Å². The number of carbonyl (C=O) groups excluding carboxylic acids is 1. The lowest BCUT2D eigenvalue weighted by Crippen LogP contribution is -2.41. The number of likely N-dealkylation sites (N-methyl/N-ethyl adjacent to an activating group) is 1. The van der Waals surface area contributed by atoms with Gasteiger partial charge < -0.3 is 14.9 Å². The maximum Gasteiger partial charge on any atom is 0.323 e. The highest BCUT2D eigenvalue weighted by molar-refractivity contribution is 6.42. The van der Waals surface area contributed by atoms with Crippen molar-refractivity contribution in [3.63, 3.8) is 0 Å². The van der Waals surface area contributed by atoms with Crippen molar-refractivity contribution in [3.8, 4) is 0 Å². The molecule has 0 aliphatic heterocycles. The highest BCUT2D eigenvalue weighted by Crippen LogP contribution is 2.27. The summed E-state index contributed by atoms with van der Waals surface area (Å²) in [5.74, 6) is -1.33. The number of carbonyl (C=O) groups is 2. The van der Waals surface area contributed by atoms with E-state index in [1.165, 1.54) is 9.80 Å². The van der Waals surface area contributed by atoms with E-state index < -0.39 is 5.97 Å². The van der Waals surface area contributed by atoms with Crippen LogP contribution in [0, 0.1) is 6.92 Å². The normalized spacial score (nSPS) is 10.5. The summed E-state index contributed by atoms with van der Waals surface area (Å²) in [6.07, 6.45) is 0. The molecule has 0 radical (unpaired) electrons. The Morgan fingerprint density at radius 1 is 1.00 bits per heavy atom. The number of rotatable bonds is 6. The summed E-state index contributed by atoms with van der Waals surface area (Å²) in [6, 6.07) is 9.93. The van der Waals surface area contributed by atoms with Gasteiger partial charge in [0.25, 0.3) is 0 Å². The van der Waals surface area contributed by atoms with E-state index in [0.717, 1.165) is 5.56 Å². The van der Waals surface area contributed by atoms with E-state index in [1.54, 1.807) is 43.4 Å². The Hall–Kier alpha value is -1.95. The molecule has 5 nitrogen and oxygen atoms in total. The van der Waals surface area contributed by atoms with E-state index >= 15 is 0 Å². The van der Waals surface area contributed by atoms with Crippen LogP contribution in [0.4, 0.5) is 11.4 Å². The number of benzene rings is 2. The van der Waals surface area contributed by atoms with Crippen LogP contribution in [0.2, 0.25) is 15.1 Å². The summed E-state index contributed by atoms with van der Waals surface area (Å²) >= 11 is 17.9. The molecule has 0 saturated heterocycles. The van der Waals surface area contributed by atoms with Crippen molar-refractivity contribution in [1.29, 1.82) is 0 Å². The lowest BCUT2D eigenvalue weighted by molar-refractivity contribution is -0.135. The van der Waals surface area contributed by atoms with Crippen LogP contribution in [0.5, 0.6) is 0 Å². The summed E-state index contributed by atoms with van der Waals surface area (Å²) in [5, 5.41) is 10.5. The highest BCUT2D eigenvalue weighted by Gasteiger charge is 2.20. The van der Waals surface area contributed by atoms with E-state index in [0.29, 0.717) is 26.4 Å². The van der Waals surface area contributed by atoms with Gasteiger partial charge in [-0.1, -0.05) is 34.8 Å². The number of nitrogens with zero attached hydrogens (tertiary/aromatic N) is 2. The SMILES string of the molecule is Cc1cc(Cl)ccc1N(CC(=O)O)CC(=O)N(C)c1ccc(Cl)c(Cl)c1. The molecule has 2 rings (SSSR count). The molecule has 1 amide bonds. The molecule has 0 spiro atoms. The predicted octanol–water partition coefficient (Wildman–Crippen LogP) is 4.51. The first-order valence-electron chi connectivity index (χ1n) is 7.63. The fourth-order valence-corrected chi connectivity index (χ4v) is 2.99. The maximum absolute atomic E-state index is 12.7. The summed E-state index contributed by atoms with van der Waals surface area (Å²) in [4.78, 5) is 26.8. The zero-order valence-corrected chi connectivity index (χ0v) is 16.4. The van der Waals surface area contributed by atoms with Gasteiger partial charge in [0.15, 0.2) is 0 Å². The number of aryl methyl sites for hydroxylation is 1. The molecule has 2 aromatic carbocycles. The predicted molar refractivity (Wildman–Crippen MR) is 106 cm³/mol. The molecule has 0 atom stereocenters. The number of anilines is 2. The molecular weight excluding hydrogens is 399 g/mol.